The van der Waals surface area contributed by atoms with Crippen LogP contribution in [-0.4, -0.2) is 56.2 Å². The molecule has 0 bridgehead atoms. The topological polar surface area (TPSA) is 98.4 Å². The van der Waals surface area contributed by atoms with Gasteiger partial charge in [0.1, 0.15) is 0 Å². The Morgan fingerprint density at radius 2 is 2.12 bits per heavy atom. The predicted molar refractivity (Wildman–Crippen MR) is 96.7 cm³/mol. The Labute approximate surface area is 149 Å². The van der Waals surface area contributed by atoms with E-state index in [1.165, 1.54) is 11.3 Å². The minimum absolute atomic E-state index is 0.0790. The number of nitrogens with zero attached hydrogens (tertiary/aromatic N) is 3. The fraction of sp³-hybridized carbons (Fsp3) is 0.571. The summed E-state index contributed by atoms with van der Waals surface area (Å²) < 4.78 is 29.9. The van der Waals surface area contributed by atoms with Crippen LogP contribution in [0.4, 0.5) is 5.82 Å². The second-order valence-corrected chi connectivity index (χ2v) is 9.40. The minimum atomic E-state index is -3.15. The largest absolute Gasteiger partial charge is 0.378 e. The van der Waals surface area contributed by atoms with Gasteiger partial charge in [0.15, 0.2) is 15.7 Å². The number of morpholine rings is 1. The van der Waals surface area contributed by atoms with Crippen LogP contribution in [-0.2, 0) is 14.6 Å². The molecule has 1 aliphatic rings. The van der Waals surface area contributed by atoms with Gasteiger partial charge in [-0.25, -0.2) is 13.4 Å². The molecular formula is C14H19ClN4O3S2. The third-order valence-electron chi connectivity index (χ3n) is 3.89. The van der Waals surface area contributed by atoms with Gasteiger partial charge in [-0.15, -0.1) is 11.3 Å². The third kappa shape index (κ3) is 3.80. The molecule has 0 aromatic carbocycles. The highest BCUT2D eigenvalue weighted by molar-refractivity contribution is 7.91. The lowest BCUT2D eigenvalue weighted by atomic mass is 10.3. The maximum Gasteiger partial charge on any atom is 0.224 e. The fourth-order valence-corrected chi connectivity index (χ4v) is 4.91. The van der Waals surface area contributed by atoms with E-state index in [0.29, 0.717) is 18.7 Å². The quantitative estimate of drug-likeness (QED) is 0.774. The Bertz CT molecular complexity index is 834. The Morgan fingerprint density at radius 1 is 1.42 bits per heavy atom. The molecule has 1 atom stereocenters. The van der Waals surface area contributed by atoms with Gasteiger partial charge in [0.05, 0.1) is 35.2 Å². The van der Waals surface area contributed by atoms with Crippen LogP contribution < -0.4 is 10.6 Å². The van der Waals surface area contributed by atoms with Gasteiger partial charge in [-0.3, -0.25) is 0 Å². The van der Waals surface area contributed by atoms with Crippen LogP contribution in [0.1, 0.15) is 17.8 Å². The number of anilines is 1. The Kier molecular flexibility index (Phi) is 5.26. The van der Waals surface area contributed by atoms with Crippen LogP contribution in [0, 0.1) is 0 Å². The number of thiophene rings is 1. The molecule has 1 unspecified atom stereocenters. The molecule has 132 valence electrons. The molecule has 2 aromatic rings. The van der Waals surface area contributed by atoms with E-state index in [4.69, 9.17) is 22.1 Å². The van der Waals surface area contributed by atoms with Gasteiger partial charge in [-0.1, -0.05) is 6.92 Å². The van der Waals surface area contributed by atoms with Crippen LogP contribution in [0.15, 0.2) is 6.07 Å². The SMILES string of the molecule is CCS(=O)(=O)CC(N)c1cc2nc(Cl)nc(N3CCOCC3)c2s1. The number of hydrogen-bond donors (Lipinski definition) is 1. The van der Waals surface area contributed by atoms with Crippen LogP contribution in [0.25, 0.3) is 10.2 Å². The lowest BCUT2D eigenvalue weighted by Crippen LogP contribution is -2.36. The Balaban J connectivity index is 1.98. The molecule has 3 rings (SSSR count). The van der Waals surface area contributed by atoms with Gasteiger partial charge < -0.3 is 15.4 Å². The van der Waals surface area contributed by atoms with Crippen molar-refractivity contribution < 1.29 is 13.2 Å². The van der Waals surface area contributed by atoms with Gasteiger partial charge in [0, 0.05) is 23.7 Å². The summed E-state index contributed by atoms with van der Waals surface area (Å²) in [5.41, 5.74) is 6.80. The number of hydrogen-bond acceptors (Lipinski definition) is 8. The van der Waals surface area contributed by atoms with Crippen molar-refractivity contribution in [1.82, 2.24) is 9.97 Å². The predicted octanol–water partition coefficient (Wildman–Crippen LogP) is 1.62. The van der Waals surface area contributed by atoms with E-state index in [1.807, 2.05) is 6.07 Å². The van der Waals surface area contributed by atoms with Gasteiger partial charge >= 0.3 is 0 Å². The number of ether oxygens (including phenoxy) is 1. The van der Waals surface area contributed by atoms with Crippen molar-refractivity contribution in [2.24, 2.45) is 5.73 Å². The first-order chi connectivity index (χ1) is 11.4. The molecule has 24 heavy (non-hydrogen) atoms. The zero-order valence-electron chi connectivity index (χ0n) is 13.2. The van der Waals surface area contributed by atoms with Crippen LogP contribution in [0.5, 0.6) is 0 Å². The van der Waals surface area contributed by atoms with Crippen molar-refractivity contribution in [2.45, 2.75) is 13.0 Å². The second-order valence-electron chi connectivity index (χ2n) is 5.58. The standard InChI is InChI=1S/C14H19ClN4O3S2/c1-2-24(20,21)8-9(16)11-7-10-12(23-11)13(18-14(15)17-10)19-3-5-22-6-4-19/h7,9H,2-6,8,16H2,1H3. The Hall–Kier alpha value is -1.00. The average Bonchev–Trinajstić information content (AvgIpc) is 2.98. The van der Waals surface area contributed by atoms with Crippen molar-refractivity contribution in [3.05, 3.63) is 16.2 Å². The smallest absolute Gasteiger partial charge is 0.224 e. The van der Waals surface area contributed by atoms with E-state index >= 15 is 0 Å². The number of fused-ring (bicyclic) bond motifs is 1. The summed E-state index contributed by atoms with van der Waals surface area (Å²) in [4.78, 5) is 11.5. The summed E-state index contributed by atoms with van der Waals surface area (Å²) in [5.74, 6) is 0.760. The molecule has 10 heteroatoms. The van der Waals surface area contributed by atoms with E-state index < -0.39 is 15.9 Å². The van der Waals surface area contributed by atoms with Crippen LogP contribution >= 0.6 is 22.9 Å². The van der Waals surface area contributed by atoms with Gasteiger partial charge in [-0.05, 0) is 17.7 Å². The Morgan fingerprint density at radius 3 is 2.79 bits per heavy atom. The molecule has 1 fully saturated rings. The number of halogens is 1. The van der Waals surface area contributed by atoms with Crippen LogP contribution in [0.3, 0.4) is 0 Å². The van der Waals surface area contributed by atoms with E-state index in [2.05, 4.69) is 14.9 Å². The van der Waals surface area contributed by atoms with Crippen LogP contribution in [0.2, 0.25) is 5.28 Å². The van der Waals surface area contributed by atoms with E-state index in [0.717, 1.165) is 28.5 Å². The molecule has 3 heterocycles. The summed E-state index contributed by atoms with van der Waals surface area (Å²) >= 11 is 7.49. The molecule has 1 aliphatic heterocycles. The van der Waals surface area contributed by atoms with Crippen molar-refractivity contribution >= 4 is 48.8 Å². The fourth-order valence-electron chi connectivity index (χ4n) is 2.55. The molecule has 7 nitrogen and oxygen atoms in total. The number of sulfone groups is 1. The highest BCUT2D eigenvalue weighted by Crippen LogP contribution is 2.35. The molecule has 0 amide bonds. The highest BCUT2D eigenvalue weighted by atomic mass is 35.5. The zero-order chi connectivity index (χ0) is 17.3. The first-order valence-corrected chi connectivity index (χ1v) is 10.7. The summed E-state index contributed by atoms with van der Waals surface area (Å²) in [6.07, 6.45) is 0. The summed E-state index contributed by atoms with van der Waals surface area (Å²) in [7, 11) is -3.15. The summed E-state index contributed by atoms with van der Waals surface area (Å²) in [5, 5.41) is 0.170. The minimum Gasteiger partial charge on any atom is -0.378 e. The molecule has 0 aliphatic carbocycles. The lowest BCUT2D eigenvalue weighted by Gasteiger charge is -2.28. The monoisotopic (exact) mass is 390 g/mol. The molecule has 1 saturated heterocycles. The molecule has 0 saturated carbocycles. The zero-order valence-corrected chi connectivity index (χ0v) is 15.6. The normalized spacial score (nSPS) is 17.4. The van der Waals surface area contributed by atoms with Crippen molar-refractivity contribution in [1.29, 1.82) is 0 Å². The number of nitrogens with two attached hydrogens (primary N) is 1. The molecular weight excluding hydrogens is 372 g/mol. The van der Waals surface area contributed by atoms with Gasteiger partial charge in [-0.2, -0.15) is 4.98 Å². The van der Waals surface area contributed by atoms with E-state index in [9.17, 15) is 8.42 Å². The molecule has 2 aromatic heterocycles. The van der Waals surface area contributed by atoms with Crippen molar-refractivity contribution in [3.63, 3.8) is 0 Å². The third-order valence-corrected chi connectivity index (χ3v) is 7.06. The summed E-state index contributed by atoms with van der Waals surface area (Å²) in [6, 6.07) is 1.23. The number of aromatic nitrogens is 2. The lowest BCUT2D eigenvalue weighted by molar-refractivity contribution is 0.122. The van der Waals surface area contributed by atoms with E-state index in [1.54, 1.807) is 6.92 Å². The van der Waals surface area contributed by atoms with Crippen molar-refractivity contribution in [3.8, 4) is 0 Å². The first kappa shape index (κ1) is 17.8. The first-order valence-electron chi connectivity index (χ1n) is 7.65. The average molecular weight is 391 g/mol. The maximum absolute atomic E-state index is 11.8. The maximum atomic E-state index is 11.8. The molecule has 2 N–H and O–H groups in total. The van der Waals surface area contributed by atoms with Gasteiger partial charge in [0.2, 0.25) is 5.28 Å². The molecule has 0 spiro atoms. The molecule has 0 radical (unpaired) electrons. The van der Waals surface area contributed by atoms with E-state index in [-0.39, 0.29) is 16.8 Å². The van der Waals surface area contributed by atoms with Gasteiger partial charge in [0.25, 0.3) is 0 Å². The summed E-state index contributed by atoms with van der Waals surface area (Å²) in [6.45, 7) is 4.35. The highest BCUT2D eigenvalue weighted by Gasteiger charge is 2.22. The second kappa shape index (κ2) is 7.09. The van der Waals surface area contributed by atoms with Crippen molar-refractivity contribution in [2.75, 3.05) is 42.7 Å². The number of rotatable bonds is 5.